The number of pyridine rings is 1. The van der Waals surface area contributed by atoms with Gasteiger partial charge in [-0.25, -0.2) is 19.5 Å². The zero-order valence-electron chi connectivity index (χ0n) is 15.3. The molecule has 1 fully saturated rings. The number of carbonyl (C=O) groups is 3. The number of nitrogens with zero attached hydrogens (tertiary/aromatic N) is 2. The third-order valence-electron chi connectivity index (χ3n) is 4.72. The van der Waals surface area contributed by atoms with Crippen LogP contribution >= 0.6 is 0 Å². The number of nitrogens with one attached hydrogen (secondary N) is 1. The molecular weight excluding hydrogens is 370 g/mol. The molecule has 7 heteroatoms. The highest BCUT2D eigenvalue weighted by atomic mass is 16.5. The highest BCUT2D eigenvalue weighted by molar-refractivity contribution is 6.09. The van der Waals surface area contributed by atoms with Gasteiger partial charge in [0.25, 0.3) is 5.91 Å². The molecule has 0 saturated carbocycles. The first-order chi connectivity index (χ1) is 14.1. The number of aromatic nitrogens is 1. The molecule has 4 rings (SSSR count). The van der Waals surface area contributed by atoms with Gasteiger partial charge in [0.2, 0.25) is 0 Å². The summed E-state index contributed by atoms with van der Waals surface area (Å²) in [4.78, 5) is 43.1. The zero-order valence-corrected chi connectivity index (χ0v) is 15.3. The first-order valence-corrected chi connectivity index (χ1v) is 8.96. The average Bonchev–Trinajstić information content (AvgIpc) is 3.04. The number of ether oxygens (including phenoxy) is 1. The van der Waals surface area contributed by atoms with Gasteiger partial charge in [0, 0.05) is 6.20 Å². The van der Waals surface area contributed by atoms with Gasteiger partial charge < -0.3 is 10.1 Å². The summed E-state index contributed by atoms with van der Waals surface area (Å²) in [5, 5.41) is 2.79. The molecular formula is C22H17N3O4. The van der Waals surface area contributed by atoms with Crippen molar-refractivity contribution in [2.24, 2.45) is 0 Å². The monoisotopic (exact) mass is 387 g/mol. The number of rotatable bonds is 5. The number of benzene rings is 2. The Labute approximate surface area is 166 Å². The summed E-state index contributed by atoms with van der Waals surface area (Å²) in [6, 6.07) is 22.1. The van der Waals surface area contributed by atoms with Gasteiger partial charge in [-0.3, -0.25) is 4.79 Å². The Bertz CT molecular complexity index is 1000. The minimum Gasteiger partial charge on any atom is -0.439 e. The Morgan fingerprint density at radius 1 is 0.897 bits per heavy atom. The van der Waals surface area contributed by atoms with Crippen molar-refractivity contribution in [1.29, 1.82) is 0 Å². The normalized spacial score (nSPS) is 15.1. The van der Waals surface area contributed by atoms with Crippen LogP contribution < -0.4 is 5.32 Å². The Kier molecular flexibility index (Phi) is 4.78. The summed E-state index contributed by atoms with van der Waals surface area (Å²) in [6.45, 7) is -0.512. The first-order valence-electron chi connectivity index (χ1n) is 8.96. The molecule has 1 aliphatic rings. The molecule has 0 radical (unpaired) electrons. The minimum atomic E-state index is -1.39. The quantitative estimate of drug-likeness (QED) is 0.537. The molecule has 1 saturated heterocycles. The van der Waals surface area contributed by atoms with Gasteiger partial charge in [-0.1, -0.05) is 66.7 Å². The van der Waals surface area contributed by atoms with Crippen molar-refractivity contribution in [3.63, 3.8) is 0 Å². The van der Waals surface area contributed by atoms with Crippen LogP contribution in [0.2, 0.25) is 0 Å². The molecule has 1 aliphatic heterocycles. The smallest absolute Gasteiger partial charge is 0.358 e. The maximum Gasteiger partial charge on any atom is 0.358 e. The average molecular weight is 387 g/mol. The molecule has 3 aromatic rings. The van der Waals surface area contributed by atoms with E-state index in [-0.39, 0.29) is 5.69 Å². The molecule has 0 spiro atoms. The molecule has 144 valence electrons. The molecule has 0 unspecified atom stereocenters. The van der Waals surface area contributed by atoms with Crippen molar-refractivity contribution in [2.45, 2.75) is 5.54 Å². The Morgan fingerprint density at radius 2 is 1.48 bits per heavy atom. The number of imide groups is 1. The fraction of sp³-hybridized carbons (Fsp3) is 0.0909. The van der Waals surface area contributed by atoms with Gasteiger partial charge in [0.15, 0.2) is 12.3 Å². The number of amides is 3. The SMILES string of the molecule is O=C(OCN1C(=O)NC(c2ccccc2)(c2ccccc2)C1=O)c1ccccn1. The second kappa shape index (κ2) is 7.55. The van der Waals surface area contributed by atoms with Gasteiger partial charge >= 0.3 is 12.0 Å². The van der Waals surface area contributed by atoms with Crippen LogP contribution in [0.3, 0.4) is 0 Å². The topological polar surface area (TPSA) is 88.6 Å². The molecule has 29 heavy (non-hydrogen) atoms. The molecule has 7 nitrogen and oxygen atoms in total. The summed E-state index contributed by atoms with van der Waals surface area (Å²) >= 11 is 0. The highest BCUT2D eigenvalue weighted by Crippen LogP contribution is 2.35. The summed E-state index contributed by atoms with van der Waals surface area (Å²) in [5.41, 5.74) is -0.0695. The van der Waals surface area contributed by atoms with Gasteiger partial charge in [-0.05, 0) is 23.3 Å². The first kappa shape index (κ1) is 18.4. The minimum absolute atomic E-state index is 0.0944. The van der Waals surface area contributed by atoms with Crippen molar-refractivity contribution < 1.29 is 19.1 Å². The van der Waals surface area contributed by atoms with Gasteiger partial charge in [-0.15, -0.1) is 0 Å². The summed E-state index contributed by atoms with van der Waals surface area (Å²) < 4.78 is 5.16. The molecule has 3 amide bonds. The second-order valence-electron chi connectivity index (χ2n) is 6.42. The highest BCUT2D eigenvalue weighted by Gasteiger charge is 2.54. The second-order valence-corrected chi connectivity index (χ2v) is 6.42. The molecule has 1 N–H and O–H groups in total. The number of hydrogen-bond donors (Lipinski definition) is 1. The van der Waals surface area contributed by atoms with Crippen molar-refractivity contribution in [3.8, 4) is 0 Å². The van der Waals surface area contributed by atoms with E-state index in [2.05, 4.69) is 10.3 Å². The van der Waals surface area contributed by atoms with Crippen molar-refractivity contribution in [1.82, 2.24) is 15.2 Å². The number of esters is 1. The number of urea groups is 1. The summed E-state index contributed by atoms with van der Waals surface area (Å²) in [5.74, 6) is -1.24. The lowest BCUT2D eigenvalue weighted by molar-refractivity contribution is -0.132. The van der Waals surface area contributed by atoms with Crippen molar-refractivity contribution >= 4 is 17.9 Å². The summed E-state index contributed by atoms with van der Waals surface area (Å²) in [7, 11) is 0. The molecule has 2 heterocycles. The predicted octanol–water partition coefficient (Wildman–Crippen LogP) is 2.69. The fourth-order valence-electron chi connectivity index (χ4n) is 3.31. The summed E-state index contributed by atoms with van der Waals surface area (Å²) in [6.07, 6.45) is 1.46. The van der Waals surface area contributed by atoms with E-state index in [9.17, 15) is 14.4 Å². The predicted molar refractivity (Wildman–Crippen MR) is 104 cm³/mol. The van der Waals surface area contributed by atoms with E-state index in [1.165, 1.54) is 12.3 Å². The van der Waals surface area contributed by atoms with Crippen LogP contribution in [0.1, 0.15) is 21.6 Å². The maximum absolute atomic E-state index is 13.4. The number of carbonyl (C=O) groups excluding carboxylic acids is 3. The van der Waals surface area contributed by atoms with Crippen LogP contribution in [0.15, 0.2) is 85.1 Å². The van der Waals surface area contributed by atoms with E-state index in [1.54, 1.807) is 60.7 Å². The van der Waals surface area contributed by atoms with Crippen LogP contribution in [-0.2, 0) is 15.1 Å². The van der Waals surface area contributed by atoms with E-state index < -0.39 is 30.2 Å². The fourth-order valence-corrected chi connectivity index (χ4v) is 3.31. The zero-order chi connectivity index (χ0) is 20.3. The Balaban J connectivity index is 1.65. The lowest BCUT2D eigenvalue weighted by Crippen LogP contribution is -2.45. The maximum atomic E-state index is 13.4. The van der Waals surface area contributed by atoms with E-state index in [0.717, 1.165) is 4.90 Å². The van der Waals surface area contributed by atoms with Crippen LogP contribution in [0.4, 0.5) is 4.79 Å². The Hall–Kier alpha value is -4.00. The van der Waals surface area contributed by atoms with Crippen LogP contribution in [0, 0.1) is 0 Å². The molecule has 1 aromatic heterocycles. The van der Waals surface area contributed by atoms with E-state index in [1.807, 2.05) is 12.1 Å². The van der Waals surface area contributed by atoms with Crippen LogP contribution in [-0.4, -0.2) is 34.5 Å². The van der Waals surface area contributed by atoms with Gasteiger partial charge in [0.05, 0.1) is 0 Å². The lowest BCUT2D eigenvalue weighted by atomic mass is 9.83. The molecule has 0 atom stereocenters. The van der Waals surface area contributed by atoms with Gasteiger partial charge in [-0.2, -0.15) is 0 Å². The lowest BCUT2D eigenvalue weighted by Gasteiger charge is -2.27. The third-order valence-corrected chi connectivity index (χ3v) is 4.72. The molecule has 2 aromatic carbocycles. The number of hydrogen-bond acceptors (Lipinski definition) is 5. The van der Waals surface area contributed by atoms with Crippen LogP contribution in [0.25, 0.3) is 0 Å². The van der Waals surface area contributed by atoms with Crippen molar-refractivity contribution in [3.05, 3.63) is 102 Å². The van der Waals surface area contributed by atoms with Crippen molar-refractivity contribution in [2.75, 3.05) is 6.73 Å². The van der Waals surface area contributed by atoms with E-state index in [4.69, 9.17) is 4.74 Å². The van der Waals surface area contributed by atoms with Crippen LogP contribution in [0.5, 0.6) is 0 Å². The molecule has 0 aliphatic carbocycles. The van der Waals surface area contributed by atoms with E-state index >= 15 is 0 Å². The largest absolute Gasteiger partial charge is 0.439 e. The Morgan fingerprint density at radius 3 is 2.03 bits per heavy atom. The standard InChI is InChI=1S/C22H17N3O4/c26-19(18-13-7-8-14-23-18)29-15-25-20(27)22(24-21(25)28,16-9-3-1-4-10-16)17-11-5-2-6-12-17/h1-14H,15H2,(H,24,28). The van der Waals surface area contributed by atoms with E-state index in [0.29, 0.717) is 11.1 Å². The third kappa shape index (κ3) is 3.23. The molecule has 0 bridgehead atoms. The van der Waals surface area contributed by atoms with Gasteiger partial charge in [0.1, 0.15) is 5.69 Å².